The molecule has 0 aromatic carbocycles. The molecule has 1 aliphatic rings. The Morgan fingerprint density at radius 1 is 1.33 bits per heavy atom. The van der Waals surface area contributed by atoms with Crippen LogP contribution in [0.1, 0.15) is 26.2 Å². The zero-order valence-electron chi connectivity index (χ0n) is 12.4. The smallest absolute Gasteiger partial charge is 0.229 e. The van der Waals surface area contributed by atoms with Crippen LogP contribution in [-0.2, 0) is 0 Å². The molecule has 0 radical (unpaired) electrons. The molecule has 0 unspecified atom stereocenters. The third kappa shape index (κ3) is 3.41. The first-order valence-electron chi connectivity index (χ1n) is 7.67. The predicted octanol–water partition coefficient (Wildman–Crippen LogP) is 1.65. The predicted molar refractivity (Wildman–Crippen MR) is 81.6 cm³/mol. The third-order valence-electron chi connectivity index (χ3n) is 3.65. The Labute approximate surface area is 124 Å². The Bertz CT molecular complexity index is 578. The number of likely N-dealkylation sites (tertiary alicyclic amines) is 1. The quantitative estimate of drug-likeness (QED) is 0.807. The number of nitrogens with zero attached hydrogens (tertiary/aromatic N) is 4. The van der Waals surface area contributed by atoms with Gasteiger partial charge in [-0.1, -0.05) is 6.92 Å². The number of aromatic amines is 1. The molecule has 114 valence electrons. The van der Waals surface area contributed by atoms with Gasteiger partial charge in [0, 0.05) is 13.1 Å². The molecule has 0 aliphatic carbocycles. The minimum Gasteiger partial charge on any atom is -0.476 e. The molecular weight excluding hydrogens is 268 g/mol. The normalized spacial score (nSPS) is 15.7. The van der Waals surface area contributed by atoms with Crippen LogP contribution in [0.3, 0.4) is 0 Å². The largest absolute Gasteiger partial charge is 0.476 e. The Kier molecular flexibility index (Phi) is 4.49. The highest BCUT2D eigenvalue weighted by molar-refractivity contribution is 5.80. The fraction of sp³-hybridized carbons (Fsp3) is 0.643. The Morgan fingerprint density at radius 2 is 2.19 bits per heavy atom. The van der Waals surface area contributed by atoms with E-state index in [1.54, 1.807) is 6.20 Å². The van der Waals surface area contributed by atoms with Crippen molar-refractivity contribution in [2.24, 2.45) is 0 Å². The summed E-state index contributed by atoms with van der Waals surface area (Å²) in [7, 11) is 0. The molecule has 7 heteroatoms. The van der Waals surface area contributed by atoms with Gasteiger partial charge in [-0.25, -0.2) is 0 Å². The third-order valence-corrected chi connectivity index (χ3v) is 3.65. The maximum atomic E-state index is 5.87. The fourth-order valence-corrected chi connectivity index (χ4v) is 2.51. The van der Waals surface area contributed by atoms with E-state index >= 15 is 0 Å². The highest BCUT2D eigenvalue weighted by Crippen LogP contribution is 2.22. The van der Waals surface area contributed by atoms with E-state index in [2.05, 4.69) is 37.3 Å². The van der Waals surface area contributed by atoms with Crippen molar-refractivity contribution in [2.45, 2.75) is 26.2 Å². The van der Waals surface area contributed by atoms with Crippen LogP contribution < -0.4 is 10.1 Å². The zero-order valence-corrected chi connectivity index (χ0v) is 12.4. The lowest BCUT2D eigenvalue weighted by atomic mass is 10.4. The van der Waals surface area contributed by atoms with E-state index in [1.807, 2.05) is 0 Å². The van der Waals surface area contributed by atoms with Gasteiger partial charge in [0.05, 0.1) is 6.20 Å². The van der Waals surface area contributed by atoms with Crippen molar-refractivity contribution < 1.29 is 4.74 Å². The molecule has 7 nitrogen and oxygen atoms in total. The van der Waals surface area contributed by atoms with E-state index in [1.165, 1.54) is 25.9 Å². The first-order valence-corrected chi connectivity index (χ1v) is 7.67. The number of H-pyrrole nitrogens is 1. The molecule has 3 rings (SSSR count). The van der Waals surface area contributed by atoms with E-state index in [4.69, 9.17) is 4.74 Å². The highest BCUT2D eigenvalue weighted by atomic mass is 16.5. The maximum absolute atomic E-state index is 5.87. The van der Waals surface area contributed by atoms with Gasteiger partial charge in [0.2, 0.25) is 11.8 Å². The molecule has 0 spiro atoms. The van der Waals surface area contributed by atoms with Crippen LogP contribution in [0.4, 0.5) is 5.95 Å². The number of nitrogens with one attached hydrogen (secondary N) is 2. The minimum absolute atomic E-state index is 0.588. The van der Waals surface area contributed by atoms with Crippen molar-refractivity contribution in [3.05, 3.63) is 6.20 Å². The molecule has 2 N–H and O–H groups in total. The van der Waals surface area contributed by atoms with Crippen LogP contribution in [0, 0.1) is 0 Å². The van der Waals surface area contributed by atoms with E-state index in [0.29, 0.717) is 24.1 Å². The first-order chi connectivity index (χ1) is 10.4. The summed E-state index contributed by atoms with van der Waals surface area (Å²) >= 11 is 0. The van der Waals surface area contributed by atoms with Gasteiger partial charge < -0.3 is 10.1 Å². The van der Waals surface area contributed by atoms with Crippen LogP contribution >= 0.6 is 0 Å². The SMILES string of the molecule is CCCNc1nc(OCCN2CCCC2)c2cn[nH]c2n1. The molecule has 2 aromatic rings. The van der Waals surface area contributed by atoms with Gasteiger partial charge in [0.1, 0.15) is 12.0 Å². The Morgan fingerprint density at radius 3 is 3.00 bits per heavy atom. The Balaban J connectivity index is 1.68. The summed E-state index contributed by atoms with van der Waals surface area (Å²) < 4.78 is 5.87. The fourth-order valence-electron chi connectivity index (χ4n) is 2.51. The van der Waals surface area contributed by atoms with Crippen molar-refractivity contribution >= 4 is 17.0 Å². The van der Waals surface area contributed by atoms with Gasteiger partial charge in [0.15, 0.2) is 5.65 Å². The standard InChI is InChI=1S/C14H22N6O/c1-2-5-15-14-17-12-11(10-16-19-12)13(18-14)21-9-8-20-6-3-4-7-20/h10H,2-9H2,1H3,(H2,15,16,17,18,19). The molecule has 21 heavy (non-hydrogen) atoms. The lowest BCUT2D eigenvalue weighted by molar-refractivity contribution is 0.234. The van der Waals surface area contributed by atoms with Gasteiger partial charge in [0.25, 0.3) is 0 Å². The van der Waals surface area contributed by atoms with Gasteiger partial charge in [-0.15, -0.1) is 0 Å². The van der Waals surface area contributed by atoms with Crippen molar-refractivity contribution in [1.29, 1.82) is 0 Å². The molecule has 3 heterocycles. The van der Waals surface area contributed by atoms with Crippen LogP contribution in [0.15, 0.2) is 6.20 Å². The van der Waals surface area contributed by atoms with Gasteiger partial charge in [-0.05, 0) is 32.4 Å². The summed E-state index contributed by atoms with van der Waals surface area (Å²) in [6.45, 7) is 6.89. The van der Waals surface area contributed by atoms with Crippen LogP contribution in [-0.4, -0.2) is 57.9 Å². The van der Waals surface area contributed by atoms with Crippen LogP contribution in [0.2, 0.25) is 0 Å². The van der Waals surface area contributed by atoms with Crippen molar-refractivity contribution in [1.82, 2.24) is 25.1 Å². The van der Waals surface area contributed by atoms with E-state index in [9.17, 15) is 0 Å². The van der Waals surface area contributed by atoms with Gasteiger partial charge >= 0.3 is 0 Å². The monoisotopic (exact) mass is 290 g/mol. The topological polar surface area (TPSA) is 79.0 Å². The molecule has 0 saturated carbocycles. The summed E-state index contributed by atoms with van der Waals surface area (Å²) in [5, 5.41) is 10.9. The van der Waals surface area contributed by atoms with E-state index < -0.39 is 0 Å². The number of ether oxygens (including phenoxy) is 1. The van der Waals surface area contributed by atoms with E-state index in [-0.39, 0.29) is 0 Å². The molecular formula is C14H22N6O. The average molecular weight is 290 g/mol. The molecule has 0 bridgehead atoms. The molecule has 2 aromatic heterocycles. The number of rotatable bonds is 7. The number of anilines is 1. The van der Waals surface area contributed by atoms with Gasteiger partial charge in [-0.2, -0.15) is 15.1 Å². The summed E-state index contributed by atoms with van der Waals surface area (Å²) in [5.74, 6) is 1.19. The number of hydrogen-bond donors (Lipinski definition) is 2. The van der Waals surface area contributed by atoms with Crippen LogP contribution in [0.25, 0.3) is 11.0 Å². The molecule has 0 atom stereocenters. The zero-order chi connectivity index (χ0) is 14.5. The second-order valence-corrected chi connectivity index (χ2v) is 5.31. The lowest BCUT2D eigenvalue weighted by Crippen LogP contribution is -2.25. The first kappa shape index (κ1) is 14.1. The maximum Gasteiger partial charge on any atom is 0.229 e. The van der Waals surface area contributed by atoms with Gasteiger partial charge in [-0.3, -0.25) is 10.00 Å². The molecule has 1 fully saturated rings. The average Bonchev–Trinajstić information content (AvgIpc) is 3.15. The molecule has 1 saturated heterocycles. The highest BCUT2D eigenvalue weighted by Gasteiger charge is 2.13. The molecule has 0 amide bonds. The van der Waals surface area contributed by atoms with Crippen LogP contribution in [0.5, 0.6) is 5.88 Å². The summed E-state index contributed by atoms with van der Waals surface area (Å²) in [5.41, 5.74) is 0.708. The summed E-state index contributed by atoms with van der Waals surface area (Å²) in [6, 6.07) is 0. The summed E-state index contributed by atoms with van der Waals surface area (Å²) in [6.07, 6.45) is 5.33. The van der Waals surface area contributed by atoms with Crippen molar-refractivity contribution in [3.63, 3.8) is 0 Å². The number of fused-ring (bicyclic) bond motifs is 1. The lowest BCUT2D eigenvalue weighted by Gasteiger charge is -2.15. The van der Waals surface area contributed by atoms with E-state index in [0.717, 1.165) is 24.9 Å². The second kappa shape index (κ2) is 6.71. The van der Waals surface area contributed by atoms with Crippen molar-refractivity contribution in [3.8, 4) is 5.88 Å². The summed E-state index contributed by atoms with van der Waals surface area (Å²) in [4.78, 5) is 11.3. The Hall–Kier alpha value is -1.89. The second-order valence-electron chi connectivity index (χ2n) is 5.31. The van der Waals surface area contributed by atoms with Crippen molar-refractivity contribution in [2.75, 3.05) is 38.1 Å². The number of hydrogen-bond acceptors (Lipinski definition) is 6. The number of aromatic nitrogens is 4. The molecule has 1 aliphatic heterocycles. The minimum atomic E-state index is 0.588.